The van der Waals surface area contributed by atoms with Gasteiger partial charge in [0.25, 0.3) is 0 Å². The summed E-state index contributed by atoms with van der Waals surface area (Å²) in [6.07, 6.45) is 4.78. The molecule has 0 saturated carbocycles. The van der Waals surface area contributed by atoms with Crippen molar-refractivity contribution in [3.05, 3.63) is 27.9 Å². The molecule has 2 aromatic rings. The molecule has 114 valence electrons. The minimum atomic E-state index is 0. The molecule has 2 aliphatic rings. The van der Waals surface area contributed by atoms with Crippen molar-refractivity contribution in [3.63, 3.8) is 0 Å². The Balaban J connectivity index is 0.00000132. The average molecular weight is 342 g/mol. The molecule has 1 unspecified atom stereocenters. The summed E-state index contributed by atoms with van der Waals surface area (Å²) in [4.78, 5) is 8.58. The summed E-state index contributed by atoms with van der Waals surface area (Å²) in [5.41, 5.74) is 1.84. The van der Waals surface area contributed by atoms with Gasteiger partial charge in [-0.3, -0.25) is 4.90 Å². The van der Waals surface area contributed by atoms with Gasteiger partial charge < -0.3 is 5.32 Å². The van der Waals surface area contributed by atoms with Gasteiger partial charge in [0.15, 0.2) is 0 Å². The van der Waals surface area contributed by atoms with Crippen molar-refractivity contribution in [1.29, 1.82) is 0 Å². The van der Waals surface area contributed by atoms with E-state index < -0.39 is 0 Å². The van der Waals surface area contributed by atoms with Crippen LogP contribution in [0.2, 0.25) is 0 Å². The van der Waals surface area contributed by atoms with Crippen molar-refractivity contribution in [2.75, 3.05) is 26.2 Å². The minimum Gasteiger partial charge on any atom is -0.316 e. The molecule has 0 bridgehead atoms. The smallest absolute Gasteiger partial charge is 0.124 e. The summed E-state index contributed by atoms with van der Waals surface area (Å²) >= 11 is 3.59. The Labute approximate surface area is 139 Å². The monoisotopic (exact) mass is 341 g/mol. The van der Waals surface area contributed by atoms with Crippen LogP contribution in [0.5, 0.6) is 0 Å². The number of hydrogen-bond acceptors (Lipinski definition) is 5. The molecule has 2 aromatic heterocycles. The van der Waals surface area contributed by atoms with Crippen LogP contribution in [-0.2, 0) is 6.54 Å². The fourth-order valence-corrected chi connectivity index (χ4v) is 5.09. The van der Waals surface area contributed by atoms with Gasteiger partial charge in [-0.2, -0.15) is 11.3 Å². The molecule has 1 N–H and O–H groups in total. The third kappa shape index (κ3) is 3.17. The summed E-state index contributed by atoms with van der Waals surface area (Å²) in [7, 11) is 0. The third-order valence-electron chi connectivity index (χ3n) is 4.55. The standard InChI is InChI=1S/C15H19N3S2.ClH/c1-6-19-9-12(1)14-17-7-13(20-14)8-18-5-3-15(11-18)2-4-16-10-15;/h1,6-7,9,16H,2-5,8,10-11H2;1H. The number of thiophene rings is 1. The molecule has 0 radical (unpaired) electrons. The first-order valence-electron chi connectivity index (χ1n) is 7.23. The van der Waals surface area contributed by atoms with Gasteiger partial charge in [0, 0.05) is 41.7 Å². The first kappa shape index (κ1) is 15.4. The minimum absolute atomic E-state index is 0. The van der Waals surface area contributed by atoms with Gasteiger partial charge in [-0.15, -0.1) is 23.7 Å². The van der Waals surface area contributed by atoms with Crippen LogP contribution in [0.3, 0.4) is 0 Å². The molecule has 3 nitrogen and oxygen atoms in total. The van der Waals surface area contributed by atoms with Gasteiger partial charge in [-0.05, 0) is 42.8 Å². The molecule has 1 atom stereocenters. The number of nitrogens with one attached hydrogen (secondary N) is 1. The quantitative estimate of drug-likeness (QED) is 0.926. The van der Waals surface area contributed by atoms with E-state index in [0.29, 0.717) is 5.41 Å². The highest BCUT2D eigenvalue weighted by molar-refractivity contribution is 7.15. The molecular weight excluding hydrogens is 322 g/mol. The largest absolute Gasteiger partial charge is 0.316 e. The summed E-state index contributed by atoms with van der Waals surface area (Å²) in [5, 5.41) is 8.99. The maximum Gasteiger partial charge on any atom is 0.124 e. The number of nitrogens with zero attached hydrogens (tertiary/aromatic N) is 2. The molecule has 2 aliphatic heterocycles. The topological polar surface area (TPSA) is 28.2 Å². The number of thiazole rings is 1. The maximum absolute atomic E-state index is 4.58. The van der Waals surface area contributed by atoms with E-state index in [0.717, 1.165) is 11.6 Å². The van der Waals surface area contributed by atoms with Crippen molar-refractivity contribution < 1.29 is 0 Å². The van der Waals surface area contributed by atoms with E-state index in [-0.39, 0.29) is 12.4 Å². The lowest BCUT2D eigenvalue weighted by Crippen LogP contribution is -2.28. The van der Waals surface area contributed by atoms with Crippen LogP contribution in [0, 0.1) is 5.41 Å². The van der Waals surface area contributed by atoms with Crippen molar-refractivity contribution in [2.24, 2.45) is 5.41 Å². The maximum atomic E-state index is 4.58. The van der Waals surface area contributed by atoms with E-state index in [9.17, 15) is 0 Å². The van der Waals surface area contributed by atoms with Crippen molar-refractivity contribution in [1.82, 2.24) is 15.2 Å². The highest BCUT2D eigenvalue weighted by Gasteiger charge is 2.40. The number of likely N-dealkylation sites (tertiary alicyclic amines) is 1. The van der Waals surface area contributed by atoms with Crippen molar-refractivity contribution in [2.45, 2.75) is 19.4 Å². The van der Waals surface area contributed by atoms with Crippen molar-refractivity contribution >= 4 is 35.1 Å². The Morgan fingerprint density at radius 3 is 3.10 bits per heavy atom. The van der Waals surface area contributed by atoms with Crippen LogP contribution in [0.15, 0.2) is 23.0 Å². The zero-order valence-corrected chi connectivity index (χ0v) is 14.3. The van der Waals surface area contributed by atoms with Gasteiger partial charge in [0.2, 0.25) is 0 Å². The molecule has 0 aliphatic carbocycles. The molecular formula is C15H20ClN3S2. The Bertz CT molecular complexity index is 576. The number of hydrogen-bond donors (Lipinski definition) is 1. The zero-order chi connectivity index (χ0) is 13.4. The summed E-state index contributed by atoms with van der Waals surface area (Å²) in [5.74, 6) is 0. The summed E-state index contributed by atoms with van der Waals surface area (Å²) in [6.45, 7) is 5.99. The lowest BCUT2D eigenvalue weighted by atomic mass is 9.87. The van der Waals surface area contributed by atoms with Crippen molar-refractivity contribution in [3.8, 4) is 10.6 Å². The Morgan fingerprint density at radius 1 is 1.38 bits per heavy atom. The molecule has 1 spiro atoms. The fraction of sp³-hybridized carbons (Fsp3) is 0.533. The van der Waals surface area contributed by atoms with Gasteiger partial charge in [-0.25, -0.2) is 4.98 Å². The Hall–Kier alpha value is -0.460. The number of rotatable bonds is 3. The van der Waals surface area contributed by atoms with Gasteiger partial charge >= 0.3 is 0 Å². The highest BCUT2D eigenvalue weighted by atomic mass is 35.5. The van der Waals surface area contributed by atoms with E-state index >= 15 is 0 Å². The van der Waals surface area contributed by atoms with Gasteiger partial charge in [0.05, 0.1) is 0 Å². The molecule has 0 aromatic carbocycles. The van der Waals surface area contributed by atoms with Gasteiger partial charge in [0.1, 0.15) is 5.01 Å². The van der Waals surface area contributed by atoms with E-state index in [2.05, 4.69) is 38.2 Å². The second-order valence-electron chi connectivity index (χ2n) is 6.03. The van der Waals surface area contributed by atoms with Crippen LogP contribution < -0.4 is 5.32 Å². The lowest BCUT2D eigenvalue weighted by molar-refractivity contribution is 0.270. The predicted octanol–water partition coefficient (Wildman–Crippen LogP) is 3.48. The summed E-state index contributed by atoms with van der Waals surface area (Å²) in [6, 6.07) is 2.16. The van der Waals surface area contributed by atoms with Crippen LogP contribution in [0.4, 0.5) is 0 Å². The van der Waals surface area contributed by atoms with Gasteiger partial charge in [-0.1, -0.05) is 0 Å². The lowest BCUT2D eigenvalue weighted by Gasteiger charge is -2.22. The molecule has 0 amide bonds. The summed E-state index contributed by atoms with van der Waals surface area (Å²) < 4.78 is 0. The molecule has 4 heterocycles. The van der Waals surface area contributed by atoms with Crippen LogP contribution in [-0.4, -0.2) is 36.1 Å². The average Bonchev–Trinajstić information content (AvgIpc) is 3.21. The second-order valence-corrected chi connectivity index (χ2v) is 7.93. The van der Waals surface area contributed by atoms with Crippen LogP contribution >= 0.6 is 35.1 Å². The Kier molecular flexibility index (Phi) is 4.66. The first-order chi connectivity index (χ1) is 9.83. The predicted molar refractivity (Wildman–Crippen MR) is 92.5 cm³/mol. The Morgan fingerprint density at radius 2 is 2.33 bits per heavy atom. The molecule has 21 heavy (non-hydrogen) atoms. The normalized spacial score (nSPS) is 25.5. The number of aromatic nitrogens is 1. The highest BCUT2D eigenvalue weighted by Crippen LogP contribution is 2.37. The van der Waals surface area contributed by atoms with E-state index in [1.807, 2.05) is 11.3 Å². The zero-order valence-electron chi connectivity index (χ0n) is 11.9. The molecule has 6 heteroatoms. The van der Waals surface area contributed by atoms with E-state index in [1.54, 1.807) is 11.3 Å². The van der Waals surface area contributed by atoms with Crippen LogP contribution in [0.1, 0.15) is 17.7 Å². The fourth-order valence-electron chi connectivity index (χ4n) is 3.43. The van der Waals surface area contributed by atoms with Crippen LogP contribution in [0.25, 0.3) is 10.6 Å². The molecule has 2 fully saturated rings. The van der Waals surface area contributed by atoms with E-state index in [4.69, 9.17) is 0 Å². The van der Waals surface area contributed by atoms with E-state index in [1.165, 1.54) is 49.5 Å². The first-order valence-corrected chi connectivity index (χ1v) is 8.99. The number of halogens is 1. The SMILES string of the molecule is Cl.c1cc(-c2ncc(CN3CCC4(CCNC4)C3)s2)cs1. The molecule has 4 rings (SSSR count). The molecule has 2 saturated heterocycles. The third-order valence-corrected chi connectivity index (χ3v) is 6.27. The second kappa shape index (κ2) is 6.34.